The minimum Gasteiger partial charge on any atom is -0.447 e. The van der Waals surface area contributed by atoms with Crippen LogP contribution in [-0.2, 0) is 28.4 Å². The van der Waals surface area contributed by atoms with Gasteiger partial charge in [-0.25, -0.2) is 9.59 Å². The van der Waals surface area contributed by atoms with Crippen LogP contribution in [-0.4, -0.2) is 90.3 Å². The lowest BCUT2D eigenvalue weighted by Gasteiger charge is -2.08. The Morgan fingerprint density at radius 1 is 0.792 bits per heavy atom. The molecule has 0 radical (unpaired) electrons. The Labute approximate surface area is 140 Å². The highest BCUT2D eigenvalue weighted by atomic mass is 16.6. The molecule has 2 aliphatic rings. The van der Waals surface area contributed by atoms with Crippen molar-refractivity contribution in [2.24, 2.45) is 0 Å². The molecule has 2 atom stereocenters. The predicted octanol–water partition coefficient (Wildman–Crippen LogP) is -0.730. The van der Waals surface area contributed by atoms with E-state index in [4.69, 9.17) is 28.4 Å². The molecule has 0 spiro atoms. The number of nitrogens with one attached hydrogen (secondary N) is 2. The van der Waals surface area contributed by atoms with Gasteiger partial charge in [0.2, 0.25) is 0 Å². The quantitative estimate of drug-likeness (QED) is 0.330. The molecule has 2 amide bonds. The summed E-state index contributed by atoms with van der Waals surface area (Å²) in [5, 5.41) is 5.12. The second kappa shape index (κ2) is 11.0. The van der Waals surface area contributed by atoms with Gasteiger partial charge in [-0.3, -0.25) is 0 Å². The van der Waals surface area contributed by atoms with E-state index in [0.29, 0.717) is 52.7 Å². The van der Waals surface area contributed by atoms with Gasteiger partial charge in [-0.05, 0) is 0 Å². The lowest BCUT2D eigenvalue weighted by Crippen LogP contribution is -2.30. The Balaban J connectivity index is 1.25. The Hall–Kier alpha value is -1.62. The van der Waals surface area contributed by atoms with Gasteiger partial charge in [0.25, 0.3) is 0 Å². The van der Waals surface area contributed by atoms with Crippen LogP contribution in [0, 0.1) is 0 Å². The fourth-order valence-corrected chi connectivity index (χ4v) is 1.54. The predicted molar refractivity (Wildman–Crippen MR) is 79.8 cm³/mol. The average Bonchev–Trinajstić information content (AvgIpc) is 3.47. The van der Waals surface area contributed by atoms with Crippen LogP contribution in [0.2, 0.25) is 0 Å². The summed E-state index contributed by atoms with van der Waals surface area (Å²) < 4.78 is 30.1. The first-order chi connectivity index (χ1) is 11.7. The average molecular weight is 348 g/mol. The highest BCUT2D eigenvalue weighted by molar-refractivity contribution is 5.67. The first-order valence-corrected chi connectivity index (χ1v) is 7.94. The molecule has 2 fully saturated rings. The van der Waals surface area contributed by atoms with Crippen LogP contribution in [0.15, 0.2) is 0 Å². The summed E-state index contributed by atoms with van der Waals surface area (Å²) in [5.74, 6) is 0. The third-order valence-corrected chi connectivity index (χ3v) is 3.01. The van der Waals surface area contributed by atoms with Crippen molar-refractivity contribution in [3.8, 4) is 0 Å². The zero-order valence-corrected chi connectivity index (χ0v) is 13.5. The fraction of sp³-hybridized carbons (Fsp3) is 0.857. The minimum atomic E-state index is -0.475. The molecule has 2 heterocycles. The first kappa shape index (κ1) is 18.7. The summed E-state index contributed by atoms with van der Waals surface area (Å²) in [6.45, 7) is 4.15. The molecule has 2 rings (SSSR count). The van der Waals surface area contributed by atoms with Gasteiger partial charge in [-0.15, -0.1) is 0 Å². The Morgan fingerprint density at radius 2 is 1.21 bits per heavy atom. The second-order valence-corrected chi connectivity index (χ2v) is 5.19. The standard InChI is InChI=1S/C14H24N2O8/c17-13(23-9-11-7-21-11)15-1-3-19-5-6-20-4-2-16-14(18)24-10-12-8-22-12/h11-12H,1-10H2,(H,15,17)(H,16,18). The maximum absolute atomic E-state index is 11.2. The van der Waals surface area contributed by atoms with Crippen molar-refractivity contribution >= 4 is 12.2 Å². The molecule has 0 aromatic rings. The molecular weight excluding hydrogens is 324 g/mol. The molecule has 2 unspecified atom stereocenters. The van der Waals surface area contributed by atoms with Crippen molar-refractivity contribution in [2.45, 2.75) is 12.2 Å². The molecule has 0 saturated carbocycles. The molecule has 2 aliphatic heterocycles. The van der Waals surface area contributed by atoms with Crippen LogP contribution in [0.3, 0.4) is 0 Å². The highest BCUT2D eigenvalue weighted by Gasteiger charge is 2.24. The number of alkyl carbamates (subject to hydrolysis) is 2. The molecule has 2 saturated heterocycles. The summed E-state index contributed by atoms with van der Waals surface area (Å²) in [7, 11) is 0. The molecule has 2 N–H and O–H groups in total. The normalized spacial score (nSPS) is 21.0. The van der Waals surface area contributed by atoms with Gasteiger partial charge < -0.3 is 39.1 Å². The van der Waals surface area contributed by atoms with E-state index in [1.807, 2.05) is 0 Å². The van der Waals surface area contributed by atoms with E-state index in [1.54, 1.807) is 0 Å². The molecular formula is C14H24N2O8. The summed E-state index contributed by atoms with van der Waals surface area (Å²) in [6.07, 6.45) is -0.825. The van der Waals surface area contributed by atoms with Gasteiger partial charge >= 0.3 is 12.2 Å². The fourth-order valence-electron chi connectivity index (χ4n) is 1.54. The molecule has 138 valence electrons. The van der Waals surface area contributed by atoms with E-state index >= 15 is 0 Å². The number of epoxide rings is 2. The molecule has 0 aromatic carbocycles. The van der Waals surface area contributed by atoms with Crippen LogP contribution >= 0.6 is 0 Å². The molecule has 0 bridgehead atoms. The van der Waals surface area contributed by atoms with Crippen LogP contribution in [0.25, 0.3) is 0 Å². The Morgan fingerprint density at radius 3 is 1.58 bits per heavy atom. The van der Waals surface area contributed by atoms with Crippen molar-refractivity contribution in [3.05, 3.63) is 0 Å². The zero-order chi connectivity index (χ0) is 17.0. The number of hydrogen-bond donors (Lipinski definition) is 2. The van der Waals surface area contributed by atoms with Gasteiger partial charge in [-0.1, -0.05) is 0 Å². The van der Waals surface area contributed by atoms with E-state index in [-0.39, 0.29) is 25.4 Å². The minimum absolute atomic E-state index is 0.0627. The van der Waals surface area contributed by atoms with Gasteiger partial charge in [0, 0.05) is 13.1 Å². The van der Waals surface area contributed by atoms with Crippen molar-refractivity contribution in [1.82, 2.24) is 10.6 Å². The van der Waals surface area contributed by atoms with Gasteiger partial charge in [-0.2, -0.15) is 0 Å². The maximum Gasteiger partial charge on any atom is 0.407 e. The number of carbonyl (C=O) groups excluding carboxylic acids is 2. The van der Waals surface area contributed by atoms with E-state index in [0.717, 1.165) is 0 Å². The van der Waals surface area contributed by atoms with Crippen LogP contribution < -0.4 is 10.6 Å². The SMILES string of the molecule is O=C(NCCOCCOCCNC(=O)OCC1CO1)OCC1CO1. The highest BCUT2D eigenvalue weighted by Crippen LogP contribution is 2.08. The topological polar surface area (TPSA) is 120 Å². The number of carbonyl (C=O) groups is 2. The molecule has 0 aliphatic carbocycles. The van der Waals surface area contributed by atoms with E-state index in [9.17, 15) is 9.59 Å². The molecule has 24 heavy (non-hydrogen) atoms. The first-order valence-electron chi connectivity index (χ1n) is 7.94. The molecule has 10 heteroatoms. The Kier molecular flexibility index (Phi) is 8.60. The van der Waals surface area contributed by atoms with E-state index in [2.05, 4.69) is 10.6 Å². The number of rotatable bonds is 13. The molecule has 10 nitrogen and oxygen atoms in total. The van der Waals surface area contributed by atoms with Crippen LogP contribution in [0.1, 0.15) is 0 Å². The van der Waals surface area contributed by atoms with Crippen molar-refractivity contribution in [3.63, 3.8) is 0 Å². The number of amides is 2. The second-order valence-electron chi connectivity index (χ2n) is 5.19. The number of ether oxygens (including phenoxy) is 6. The van der Waals surface area contributed by atoms with Gasteiger partial charge in [0.1, 0.15) is 25.4 Å². The van der Waals surface area contributed by atoms with Crippen molar-refractivity contribution in [2.75, 3.05) is 65.9 Å². The van der Waals surface area contributed by atoms with E-state index < -0.39 is 12.2 Å². The Bertz CT molecular complexity index is 351. The van der Waals surface area contributed by atoms with Crippen molar-refractivity contribution in [1.29, 1.82) is 0 Å². The number of hydrogen-bond acceptors (Lipinski definition) is 8. The van der Waals surface area contributed by atoms with Crippen molar-refractivity contribution < 1.29 is 38.0 Å². The largest absolute Gasteiger partial charge is 0.447 e. The summed E-state index contributed by atoms with van der Waals surface area (Å²) in [6, 6.07) is 0. The monoisotopic (exact) mass is 348 g/mol. The lowest BCUT2D eigenvalue weighted by molar-refractivity contribution is 0.0486. The van der Waals surface area contributed by atoms with Crippen LogP contribution in [0.5, 0.6) is 0 Å². The van der Waals surface area contributed by atoms with Crippen LogP contribution in [0.4, 0.5) is 9.59 Å². The summed E-state index contributed by atoms with van der Waals surface area (Å²) >= 11 is 0. The lowest BCUT2D eigenvalue weighted by atomic mass is 10.5. The van der Waals surface area contributed by atoms with Gasteiger partial charge in [0.15, 0.2) is 0 Å². The third kappa shape index (κ3) is 10.2. The third-order valence-electron chi connectivity index (χ3n) is 3.01. The molecule has 0 aromatic heterocycles. The van der Waals surface area contributed by atoms with E-state index in [1.165, 1.54) is 0 Å². The summed E-state index contributed by atoms with van der Waals surface area (Å²) in [4.78, 5) is 22.4. The zero-order valence-electron chi connectivity index (χ0n) is 13.5. The maximum atomic E-state index is 11.2. The smallest absolute Gasteiger partial charge is 0.407 e. The summed E-state index contributed by atoms with van der Waals surface area (Å²) in [5.41, 5.74) is 0. The van der Waals surface area contributed by atoms with Gasteiger partial charge in [0.05, 0.1) is 39.6 Å².